The summed E-state index contributed by atoms with van der Waals surface area (Å²) in [5.74, 6) is 1.14. The summed E-state index contributed by atoms with van der Waals surface area (Å²) in [6.45, 7) is 7.57. The van der Waals surface area contributed by atoms with Crippen LogP contribution in [0.5, 0.6) is 0 Å². The van der Waals surface area contributed by atoms with E-state index in [1.54, 1.807) is 19.3 Å². The number of oxazole rings is 1. The van der Waals surface area contributed by atoms with Crippen molar-refractivity contribution in [2.45, 2.75) is 39.3 Å². The molecule has 260 valence electrons. The zero-order valence-corrected chi connectivity index (χ0v) is 28.3. The van der Waals surface area contributed by atoms with E-state index in [1.165, 1.54) is 11.9 Å². The Morgan fingerprint density at radius 1 is 0.922 bits per heavy atom. The molecule has 0 radical (unpaired) electrons. The molecule has 0 spiro atoms. The van der Waals surface area contributed by atoms with Gasteiger partial charge in [0.1, 0.15) is 29.1 Å². The van der Waals surface area contributed by atoms with Crippen molar-refractivity contribution < 1.29 is 14.0 Å². The van der Waals surface area contributed by atoms with Gasteiger partial charge < -0.3 is 30.5 Å². The highest BCUT2D eigenvalue weighted by Crippen LogP contribution is 2.33. The van der Waals surface area contributed by atoms with Crippen LogP contribution in [-0.2, 0) is 24.3 Å². The van der Waals surface area contributed by atoms with Crippen LogP contribution in [0.15, 0.2) is 59.5 Å². The van der Waals surface area contributed by atoms with E-state index >= 15 is 0 Å². The predicted molar refractivity (Wildman–Crippen MR) is 192 cm³/mol. The van der Waals surface area contributed by atoms with E-state index in [0.29, 0.717) is 71.2 Å². The molecule has 0 unspecified atom stereocenters. The highest BCUT2D eigenvalue weighted by Gasteiger charge is 2.25. The van der Waals surface area contributed by atoms with Gasteiger partial charge in [0.2, 0.25) is 5.95 Å². The first-order valence-electron chi connectivity index (χ1n) is 17.1. The molecule has 0 aliphatic carbocycles. The number of Topliss-reactive ketones (excluding diaryl/α,β-unsaturated/α-hetero) is 1. The molecule has 1 fully saturated rings. The molecule has 15 heteroatoms. The Morgan fingerprint density at radius 2 is 1.75 bits per heavy atom. The van der Waals surface area contributed by atoms with Crippen LogP contribution < -0.4 is 16.4 Å². The third-order valence-electron chi connectivity index (χ3n) is 9.68. The zero-order chi connectivity index (χ0) is 35.1. The van der Waals surface area contributed by atoms with E-state index in [2.05, 4.69) is 52.9 Å². The van der Waals surface area contributed by atoms with Crippen molar-refractivity contribution in [3.8, 4) is 11.3 Å². The number of anilines is 3. The van der Waals surface area contributed by atoms with Gasteiger partial charge in [-0.1, -0.05) is 18.2 Å². The first kappa shape index (κ1) is 32.3. The van der Waals surface area contributed by atoms with Gasteiger partial charge in [-0.25, -0.2) is 24.6 Å². The van der Waals surface area contributed by atoms with E-state index in [0.717, 1.165) is 62.3 Å². The third-order valence-corrected chi connectivity index (χ3v) is 9.68. The van der Waals surface area contributed by atoms with Crippen LogP contribution in [0.4, 0.5) is 17.8 Å². The van der Waals surface area contributed by atoms with Crippen LogP contribution >= 0.6 is 0 Å². The Balaban J connectivity index is 0.931. The number of nitrogens with zero attached hydrogens (tertiary/aromatic N) is 10. The molecule has 2 aliphatic rings. The Labute approximate surface area is 293 Å². The van der Waals surface area contributed by atoms with Crippen LogP contribution in [-0.4, -0.2) is 95.5 Å². The van der Waals surface area contributed by atoms with Crippen LogP contribution in [0.25, 0.3) is 33.4 Å². The molecular weight excluding hydrogens is 648 g/mol. The number of hydrogen-bond acceptors (Lipinski definition) is 13. The summed E-state index contributed by atoms with van der Waals surface area (Å²) < 4.78 is 7.28. The van der Waals surface area contributed by atoms with Gasteiger partial charge in [0.25, 0.3) is 11.9 Å². The van der Waals surface area contributed by atoms with Crippen molar-refractivity contribution in [1.82, 2.24) is 44.5 Å². The molecule has 1 amide bonds. The summed E-state index contributed by atoms with van der Waals surface area (Å²) in [5.41, 5.74) is 19.2. The van der Waals surface area contributed by atoms with Crippen LogP contribution in [0.3, 0.4) is 0 Å². The second-order valence-electron chi connectivity index (χ2n) is 13.2. The predicted octanol–water partition coefficient (Wildman–Crippen LogP) is 3.33. The third kappa shape index (κ3) is 6.55. The van der Waals surface area contributed by atoms with Crippen molar-refractivity contribution in [3.05, 3.63) is 77.4 Å². The number of fused-ring (bicyclic) bond motifs is 3. The van der Waals surface area contributed by atoms with E-state index < -0.39 is 0 Å². The number of ketones is 1. The van der Waals surface area contributed by atoms with Gasteiger partial charge in [0, 0.05) is 63.6 Å². The van der Waals surface area contributed by atoms with E-state index in [9.17, 15) is 9.59 Å². The molecule has 6 aromatic rings. The molecule has 2 aliphatic heterocycles. The summed E-state index contributed by atoms with van der Waals surface area (Å²) >= 11 is 0. The number of aromatic nitrogens is 7. The highest BCUT2D eigenvalue weighted by molar-refractivity contribution is 5.99. The van der Waals surface area contributed by atoms with Crippen LogP contribution in [0.1, 0.15) is 46.8 Å². The minimum atomic E-state index is -0.0779. The van der Waals surface area contributed by atoms with Gasteiger partial charge in [-0.15, -0.1) is 0 Å². The number of nitrogens with two attached hydrogens (primary N) is 2. The lowest BCUT2D eigenvalue weighted by molar-refractivity contribution is -0.117. The van der Waals surface area contributed by atoms with E-state index in [1.807, 2.05) is 27.8 Å². The first-order valence-corrected chi connectivity index (χ1v) is 17.1. The fourth-order valence-electron chi connectivity index (χ4n) is 6.99. The number of nitrogen functional groups attached to an aromatic ring is 2. The van der Waals surface area contributed by atoms with Gasteiger partial charge in [0.15, 0.2) is 11.2 Å². The SMILES string of the molecule is CC(=O)CCCN1CCN(c2ncc(C(=O)N3CCc4cc(Cn5nc(-c6ccc7oc(N)nc7c6)c6c(N)ncnc65)ccc4C3)cn2)CC1. The standard InChI is InChI=1S/C36H38N12O3/c1-22(49)3-2-9-45-11-13-46(14-12-45)36-39-17-27(18-40-36)34(50)47-10-8-24-15-23(4-5-26(24)20-47)19-48-33-30(32(37)41-21-42-33)31(44-48)25-6-7-29-28(16-25)43-35(38)51-29/h4-7,15-18,21H,2-3,8-14,19-20H2,1H3,(H2,38,43)(H2,37,41,42). The number of hydrogen-bond donors (Lipinski definition) is 2. The molecule has 4 aromatic heterocycles. The molecule has 8 rings (SSSR count). The van der Waals surface area contributed by atoms with E-state index in [-0.39, 0.29) is 17.7 Å². The maximum absolute atomic E-state index is 13.5. The number of amides is 1. The lowest BCUT2D eigenvalue weighted by atomic mass is 9.97. The number of carbonyl (C=O) groups excluding carboxylic acids is 2. The molecule has 0 saturated carbocycles. The quantitative estimate of drug-likeness (QED) is 0.225. The largest absolute Gasteiger partial charge is 0.424 e. The van der Waals surface area contributed by atoms with Gasteiger partial charge in [-0.2, -0.15) is 10.1 Å². The fraction of sp³-hybridized carbons (Fsp3) is 0.333. The Bertz CT molecular complexity index is 2260. The summed E-state index contributed by atoms with van der Waals surface area (Å²) in [5, 5.41) is 5.59. The van der Waals surface area contributed by atoms with Crippen LogP contribution in [0.2, 0.25) is 0 Å². The molecule has 0 bridgehead atoms. The first-order chi connectivity index (χ1) is 24.8. The average Bonchev–Trinajstić information content (AvgIpc) is 3.71. The van der Waals surface area contributed by atoms with Crippen molar-refractivity contribution in [3.63, 3.8) is 0 Å². The van der Waals surface area contributed by atoms with Crippen LogP contribution in [0, 0.1) is 0 Å². The smallest absolute Gasteiger partial charge is 0.292 e. The second-order valence-corrected chi connectivity index (χ2v) is 13.2. The average molecular weight is 687 g/mol. The Kier molecular flexibility index (Phi) is 8.47. The number of rotatable bonds is 9. The maximum Gasteiger partial charge on any atom is 0.292 e. The zero-order valence-electron chi connectivity index (χ0n) is 28.3. The minimum Gasteiger partial charge on any atom is -0.424 e. The Hall–Kier alpha value is -5.96. The fourth-order valence-corrected chi connectivity index (χ4v) is 6.99. The molecule has 1 saturated heterocycles. The lowest BCUT2D eigenvalue weighted by Crippen LogP contribution is -2.47. The molecular formula is C36H38N12O3. The highest BCUT2D eigenvalue weighted by atomic mass is 16.4. The van der Waals surface area contributed by atoms with Gasteiger partial charge in [-0.3, -0.25) is 9.69 Å². The van der Waals surface area contributed by atoms with Gasteiger partial charge in [0.05, 0.1) is 17.5 Å². The monoisotopic (exact) mass is 686 g/mol. The number of carbonyl (C=O) groups is 2. The molecule has 15 nitrogen and oxygen atoms in total. The van der Waals surface area contributed by atoms with Crippen molar-refractivity contribution >= 4 is 51.6 Å². The molecule has 51 heavy (non-hydrogen) atoms. The molecule has 0 atom stereocenters. The molecule has 4 N–H and O–H groups in total. The summed E-state index contributed by atoms with van der Waals surface area (Å²) in [4.78, 5) is 53.2. The van der Waals surface area contributed by atoms with Gasteiger partial charge in [-0.05, 0) is 61.2 Å². The Morgan fingerprint density at radius 3 is 2.55 bits per heavy atom. The summed E-state index contributed by atoms with van der Waals surface area (Å²) in [7, 11) is 0. The molecule has 2 aromatic carbocycles. The minimum absolute atomic E-state index is 0.0779. The number of piperazine rings is 1. The van der Waals surface area contributed by atoms with Crippen molar-refractivity contribution in [2.24, 2.45) is 0 Å². The topological polar surface area (TPSA) is 191 Å². The van der Waals surface area contributed by atoms with E-state index in [4.69, 9.17) is 21.0 Å². The second kappa shape index (κ2) is 13.4. The molecule has 6 heterocycles. The number of benzene rings is 2. The maximum atomic E-state index is 13.5. The van der Waals surface area contributed by atoms with Crippen molar-refractivity contribution in [2.75, 3.05) is 55.6 Å². The van der Waals surface area contributed by atoms with Gasteiger partial charge >= 0.3 is 0 Å². The van der Waals surface area contributed by atoms with Crippen molar-refractivity contribution in [1.29, 1.82) is 0 Å². The summed E-state index contributed by atoms with van der Waals surface area (Å²) in [6, 6.07) is 12.0. The lowest BCUT2D eigenvalue weighted by Gasteiger charge is -2.34. The summed E-state index contributed by atoms with van der Waals surface area (Å²) in [6.07, 6.45) is 6.97. The normalized spacial score (nSPS) is 15.1.